The van der Waals surface area contributed by atoms with Crippen LogP contribution in [0.2, 0.25) is 0 Å². The Morgan fingerprint density at radius 1 is 1.07 bits per heavy atom. The Morgan fingerprint density at radius 3 is 2.14 bits per heavy atom. The van der Waals surface area contributed by atoms with Gasteiger partial charge in [0.2, 0.25) is 0 Å². The zero-order chi connectivity index (χ0) is 10.6. The minimum absolute atomic E-state index is 0.0831. The summed E-state index contributed by atoms with van der Waals surface area (Å²) < 4.78 is 47.5. The molecule has 14 heavy (non-hydrogen) atoms. The van der Waals surface area contributed by atoms with Gasteiger partial charge in [-0.3, -0.25) is 0 Å². The van der Waals surface area contributed by atoms with Crippen molar-refractivity contribution in [1.29, 1.82) is 0 Å². The first kappa shape index (κ1) is 11.0. The predicted octanol–water partition coefficient (Wildman–Crippen LogP) is 2.48. The van der Waals surface area contributed by atoms with Gasteiger partial charge >= 0.3 is 6.18 Å². The van der Waals surface area contributed by atoms with E-state index in [2.05, 4.69) is 5.32 Å². The Kier molecular flexibility index (Phi) is 3.46. The van der Waals surface area contributed by atoms with Crippen LogP contribution in [0.1, 0.15) is 5.56 Å². The predicted molar refractivity (Wildman–Crippen MR) is 44.2 cm³/mol. The second kappa shape index (κ2) is 4.41. The minimum Gasteiger partial charge on any atom is -0.305 e. The van der Waals surface area contributed by atoms with Gasteiger partial charge in [0, 0.05) is 6.54 Å². The standard InChI is InChI=1S/C9H9F4N/c10-8-3-1-7(2-4-8)5-14-6-9(11,12)13/h1-4,14H,5-6H2. The van der Waals surface area contributed by atoms with Crippen molar-refractivity contribution in [3.8, 4) is 0 Å². The van der Waals surface area contributed by atoms with E-state index < -0.39 is 18.5 Å². The van der Waals surface area contributed by atoms with Crippen molar-refractivity contribution < 1.29 is 17.6 Å². The first-order valence-corrected chi connectivity index (χ1v) is 3.99. The van der Waals surface area contributed by atoms with E-state index in [9.17, 15) is 17.6 Å². The third-order valence-electron chi connectivity index (χ3n) is 1.57. The molecule has 0 spiro atoms. The number of rotatable bonds is 3. The van der Waals surface area contributed by atoms with Crippen LogP contribution in [-0.2, 0) is 6.54 Å². The Morgan fingerprint density at radius 2 is 1.64 bits per heavy atom. The van der Waals surface area contributed by atoms with E-state index in [1.54, 1.807) is 0 Å². The summed E-state index contributed by atoms with van der Waals surface area (Å²) in [5.41, 5.74) is 0.621. The molecule has 1 rings (SSSR count). The van der Waals surface area contributed by atoms with E-state index in [4.69, 9.17) is 0 Å². The number of alkyl halides is 3. The van der Waals surface area contributed by atoms with Crippen LogP contribution < -0.4 is 5.32 Å². The maximum absolute atomic E-state index is 12.4. The number of hydrogen-bond acceptors (Lipinski definition) is 1. The number of halogens is 4. The van der Waals surface area contributed by atoms with E-state index in [-0.39, 0.29) is 6.54 Å². The van der Waals surface area contributed by atoms with E-state index in [0.717, 1.165) is 0 Å². The van der Waals surface area contributed by atoms with Gasteiger partial charge in [-0.05, 0) is 17.7 Å². The van der Waals surface area contributed by atoms with Crippen molar-refractivity contribution in [3.63, 3.8) is 0 Å². The molecule has 0 aromatic heterocycles. The number of benzene rings is 1. The molecule has 1 aromatic carbocycles. The highest BCUT2D eigenvalue weighted by molar-refractivity contribution is 5.15. The molecule has 1 aromatic rings. The second-order valence-electron chi connectivity index (χ2n) is 2.85. The van der Waals surface area contributed by atoms with Crippen LogP contribution >= 0.6 is 0 Å². The van der Waals surface area contributed by atoms with Gasteiger partial charge in [0.05, 0.1) is 6.54 Å². The van der Waals surface area contributed by atoms with Crippen molar-refractivity contribution in [2.75, 3.05) is 6.54 Å². The Hall–Kier alpha value is -1.10. The molecule has 78 valence electrons. The van der Waals surface area contributed by atoms with E-state index >= 15 is 0 Å². The molecule has 1 N–H and O–H groups in total. The number of hydrogen-bond donors (Lipinski definition) is 1. The van der Waals surface area contributed by atoms with Gasteiger partial charge in [-0.25, -0.2) is 4.39 Å². The normalized spacial score (nSPS) is 11.7. The lowest BCUT2D eigenvalue weighted by Gasteiger charge is -2.07. The lowest BCUT2D eigenvalue weighted by Crippen LogP contribution is -2.28. The molecular formula is C9H9F4N. The third-order valence-corrected chi connectivity index (χ3v) is 1.57. The van der Waals surface area contributed by atoms with E-state index in [1.807, 2.05) is 0 Å². The molecular weight excluding hydrogens is 198 g/mol. The van der Waals surface area contributed by atoms with Crippen molar-refractivity contribution in [3.05, 3.63) is 35.6 Å². The molecule has 0 amide bonds. The third kappa shape index (κ3) is 4.23. The maximum Gasteiger partial charge on any atom is 0.401 e. The topological polar surface area (TPSA) is 12.0 Å². The van der Waals surface area contributed by atoms with Crippen LogP contribution in [0.25, 0.3) is 0 Å². The van der Waals surface area contributed by atoms with Gasteiger partial charge in [0.25, 0.3) is 0 Å². The monoisotopic (exact) mass is 207 g/mol. The fourth-order valence-electron chi connectivity index (χ4n) is 0.951. The Labute approximate surface area is 78.7 Å². The highest BCUT2D eigenvalue weighted by Crippen LogP contribution is 2.12. The summed E-state index contributed by atoms with van der Waals surface area (Å²) in [6, 6.07) is 5.31. The first-order valence-electron chi connectivity index (χ1n) is 3.99. The molecule has 0 fully saturated rings. The zero-order valence-electron chi connectivity index (χ0n) is 7.24. The number of nitrogens with one attached hydrogen (secondary N) is 1. The summed E-state index contributed by atoms with van der Waals surface area (Å²) in [6.07, 6.45) is -4.21. The van der Waals surface area contributed by atoms with Gasteiger partial charge in [0.15, 0.2) is 0 Å². The van der Waals surface area contributed by atoms with Crippen LogP contribution in [0.15, 0.2) is 24.3 Å². The maximum atomic E-state index is 12.4. The fourth-order valence-corrected chi connectivity index (χ4v) is 0.951. The molecule has 1 nitrogen and oxygen atoms in total. The molecule has 0 aliphatic carbocycles. The Bertz CT molecular complexity index is 278. The second-order valence-corrected chi connectivity index (χ2v) is 2.85. The van der Waals surface area contributed by atoms with Crippen LogP contribution in [0.3, 0.4) is 0 Å². The smallest absolute Gasteiger partial charge is 0.305 e. The van der Waals surface area contributed by atoms with Crippen molar-refractivity contribution in [2.45, 2.75) is 12.7 Å². The molecule has 0 atom stereocenters. The van der Waals surface area contributed by atoms with Gasteiger partial charge in [-0.1, -0.05) is 12.1 Å². The molecule has 0 aliphatic rings. The van der Waals surface area contributed by atoms with Crippen molar-refractivity contribution in [1.82, 2.24) is 5.32 Å². The summed E-state index contributed by atoms with van der Waals surface area (Å²) in [6.45, 7) is -0.954. The summed E-state index contributed by atoms with van der Waals surface area (Å²) >= 11 is 0. The molecule has 0 bridgehead atoms. The lowest BCUT2D eigenvalue weighted by molar-refractivity contribution is -0.125. The van der Waals surface area contributed by atoms with Crippen LogP contribution in [0.5, 0.6) is 0 Å². The molecule has 0 saturated heterocycles. The average Bonchev–Trinajstić information content (AvgIpc) is 2.06. The molecule has 0 aliphatic heterocycles. The van der Waals surface area contributed by atoms with E-state index in [1.165, 1.54) is 24.3 Å². The fraction of sp³-hybridized carbons (Fsp3) is 0.333. The Balaban J connectivity index is 2.35. The highest BCUT2D eigenvalue weighted by atomic mass is 19.4. The van der Waals surface area contributed by atoms with Gasteiger partial charge in [0.1, 0.15) is 5.82 Å². The summed E-state index contributed by atoms with van der Waals surface area (Å²) in [4.78, 5) is 0. The molecule has 0 saturated carbocycles. The van der Waals surface area contributed by atoms with Gasteiger partial charge in [-0.15, -0.1) is 0 Å². The molecule has 0 unspecified atom stereocenters. The average molecular weight is 207 g/mol. The van der Waals surface area contributed by atoms with Crippen molar-refractivity contribution in [2.24, 2.45) is 0 Å². The van der Waals surface area contributed by atoms with Gasteiger partial charge < -0.3 is 5.32 Å². The molecule has 5 heteroatoms. The van der Waals surface area contributed by atoms with Crippen LogP contribution in [0, 0.1) is 5.82 Å². The van der Waals surface area contributed by atoms with Crippen molar-refractivity contribution >= 4 is 0 Å². The molecule has 0 heterocycles. The van der Waals surface area contributed by atoms with Crippen LogP contribution in [0.4, 0.5) is 17.6 Å². The summed E-state index contributed by atoms with van der Waals surface area (Å²) in [5, 5.41) is 2.21. The van der Waals surface area contributed by atoms with Crippen LogP contribution in [-0.4, -0.2) is 12.7 Å². The van der Waals surface area contributed by atoms with E-state index in [0.29, 0.717) is 5.56 Å². The zero-order valence-corrected chi connectivity index (χ0v) is 7.24. The first-order chi connectivity index (χ1) is 6.47. The van der Waals surface area contributed by atoms with Gasteiger partial charge in [-0.2, -0.15) is 13.2 Å². The quantitative estimate of drug-likeness (QED) is 0.751. The minimum atomic E-state index is -4.21. The SMILES string of the molecule is Fc1ccc(CNCC(F)(F)F)cc1. The lowest BCUT2D eigenvalue weighted by atomic mass is 10.2. The molecule has 0 radical (unpaired) electrons. The summed E-state index contributed by atoms with van der Waals surface area (Å²) in [7, 11) is 0. The largest absolute Gasteiger partial charge is 0.401 e. The highest BCUT2D eigenvalue weighted by Gasteiger charge is 2.25. The summed E-state index contributed by atoms with van der Waals surface area (Å²) in [5.74, 6) is -0.399.